The lowest BCUT2D eigenvalue weighted by atomic mass is 10.3. The Balaban J connectivity index is 2.55. The van der Waals surface area contributed by atoms with Crippen LogP contribution in [0.1, 0.15) is 20.3 Å². The third-order valence-electron chi connectivity index (χ3n) is 2.24. The molecule has 3 nitrogen and oxygen atoms in total. The maximum absolute atomic E-state index is 4.34. The maximum Gasteiger partial charge on any atom is 0.205 e. The minimum absolute atomic E-state index is 0.565. The first kappa shape index (κ1) is 11.6. The molecule has 0 saturated carbocycles. The van der Waals surface area contributed by atoms with Crippen molar-refractivity contribution < 1.29 is 0 Å². The second-order valence-corrected chi connectivity index (χ2v) is 5.07. The summed E-state index contributed by atoms with van der Waals surface area (Å²) in [6.07, 6.45) is 5.00. The van der Waals surface area contributed by atoms with E-state index >= 15 is 0 Å². The Morgan fingerprint density at radius 2 is 2.36 bits per heavy atom. The first-order chi connectivity index (χ1) is 6.65. The summed E-state index contributed by atoms with van der Waals surface area (Å²) < 4.78 is 2.15. The van der Waals surface area contributed by atoms with Gasteiger partial charge in [-0.1, -0.05) is 22.9 Å². The van der Waals surface area contributed by atoms with E-state index in [2.05, 4.69) is 51.3 Å². The van der Waals surface area contributed by atoms with E-state index in [1.807, 2.05) is 12.4 Å². The summed E-state index contributed by atoms with van der Waals surface area (Å²) in [7, 11) is 2.09. The number of alkyl halides is 1. The average molecular weight is 260 g/mol. The van der Waals surface area contributed by atoms with Crippen LogP contribution in [0, 0.1) is 0 Å². The molecule has 0 aliphatic rings. The Kier molecular flexibility index (Phi) is 4.45. The van der Waals surface area contributed by atoms with Crippen LogP contribution in [0.2, 0.25) is 0 Å². The number of hydrogen-bond acceptors (Lipinski definition) is 2. The van der Waals surface area contributed by atoms with Gasteiger partial charge in [-0.3, -0.25) is 0 Å². The molecule has 0 radical (unpaired) electrons. The SMILES string of the molecule is CCn1ccnc1N(C)CCC(C)Br. The average Bonchev–Trinajstić information content (AvgIpc) is 2.61. The second-order valence-electron chi connectivity index (χ2n) is 3.50. The summed E-state index contributed by atoms with van der Waals surface area (Å²) in [6.45, 7) is 6.30. The van der Waals surface area contributed by atoms with Crippen molar-refractivity contribution in [3.63, 3.8) is 0 Å². The molecule has 0 fully saturated rings. The minimum atomic E-state index is 0.565. The summed E-state index contributed by atoms with van der Waals surface area (Å²) in [5.41, 5.74) is 0. The van der Waals surface area contributed by atoms with Crippen molar-refractivity contribution in [1.29, 1.82) is 0 Å². The Bertz CT molecular complexity index is 270. The summed E-state index contributed by atoms with van der Waals surface area (Å²) in [5.74, 6) is 1.06. The van der Waals surface area contributed by atoms with Crippen molar-refractivity contribution in [2.24, 2.45) is 0 Å². The van der Waals surface area contributed by atoms with Crippen molar-refractivity contribution in [1.82, 2.24) is 9.55 Å². The zero-order valence-electron chi connectivity index (χ0n) is 9.07. The molecular weight excluding hydrogens is 242 g/mol. The number of aryl methyl sites for hydroxylation is 1. The van der Waals surface area contributed by atoms with Gasteiger partial charge in [0.15, 0.2) is 0 Å². The Labute approximate surface area is 94.3 Å². The molecule has 0 aliphatic heterocycles. The second kappa shape index (κ2) is 5.39. The molecule has 1 aromatic rings. The van der Waals surface area contributed by atoms with Gasteiger partial charge in [-0.05, 0) is 13.3 Å². The highest BCUT2D eigenvalue weighted by Gasteiger charge is 2.07. The van der Waals surface area contributed by atoms with Crippen LogP contribution in [-0.2, 0) is 6.54 Å². The van der Waals surface area contributed by atoms with E-state index in [0.717, 1.165) is 25.5 Å². The highest BCUT2D eigenvalue weighted by atomic mass is 79.9. The number of imidazole rings is 1. The van der Waals surface area contributed by atoms with Gasteiger partial charge in [0.05, 0.1) is 0 Å². The standard InChI is InChI=1S/C10H18BrN3/c1-4-14-8-6-12-10(14)13(3)7-5-9(2)11/h6,8-9H,4-5,7H2,1-3H3. The van der Waals surface area contributed by atoms with E-state index in [-0.39, 0.29) is 0 Å². The number of aromatic nitrogens is 2. The lowest BCUT2D eigenvalue weighted by Crippen LogP contribution is -2.23. The zero-order valence-corrected chi connectivity index (χ0v) is 10.7. The summed E-state index contributed by atoms with van der Waals surface area (Å²) in [6, 6.07) is 0. The van der Waals surface area contributed by atoms with Gasteiger partial charge in [-0.2, -0.15) is 0 Å². The summed E-state index contributed by atoms with van der Waals surface area (Å²) >= 11 is 3.55. The third kappa shape index (κ3) is 3.01. The van der Waals surface area contributed by atoms with Crippen LogP contribution in [0.5, 0.6) is 0 Å². The molecule has 1 rings (SSSR count). The predicted molar refractivity (Wildman–Crippen MR) is 64.2 cm³/mol. The van der Waals surface area contributed by atoms with Gasteiger partial charge < -0.3 is 9.47 Å². The van der Waals surface area contributed by atoms with Crippen molar-refractivity contribution in [3.8, 4) is 0 Å². The highest BCUT2D eigenvalue weighted by Crippen LogP contribution is 2.11. The van der Waals surface area contributed by atoms with E-state index in [1.54, 1.807) is 0 Å². The molecule has 0 amide bonds. The van der Waals surface area contributed by atoms with Crippen LogP contribution in [0.25, 0.3) is 0 Å². The largest absolute Gasteiger partial charge is 0.345 e. The van der Waals surface area contributed by atoms with E-state index in [9.17, 15) is 0 Å². The van der Waals surface area contributed by atoms with Gasteiger partial charge in [0.1, 0.15) is 0 Å². The van der Waals surface area contributed by atoms with Gasteiger partial charge in [-0.15, -0.1) is 0 Å². The molecule has 1 atom stereocenters. The van der Waals surface area contributed by atoms with Gasteiger partial charge in [0.2, 0.25) is 5.95 Å². The predicted octanol–water partition coefficient (Wildman–Crippen LogP) is 2.51. The number of hydrogen-bond donors (Lipinski definition) is 0. The van der Waals surface area contributed by atoms with E-state index in [4.69, 9.17) is 0 Å². The van der Waals surface area contributed by atoms with E-state index in [0.29, 0.717) is 4.83 Å². The molecule has 0 N–H and O–H groups in total. The number of rotatable bonds is 5. The van der Waals surface area contributed by atoms with E-state index < -0.39 is 0 Å². The first-order valence-electron chi connectivity index (χ1n) is 5.01. The molecule has 1 aromatic heterocycles. The van der Waals surface area contributed by atoms with Crippen LogP contribution in [0.3, 0.4) is 0 Å². The normalized spacial score (nSPS) is 12.9. The molecule has 1 heterocycles. The van der Waals surface area contributed by atoms with Gasteiger partial charge in [0.25, 0.3) is 0 Å². The lowest BCUT2D eigenvalue weighted by molar-refractivity contribution is 0.704. The molecule has 0 spiro atoms. The summed E-state index contributed by atoms with van der Waals surface area (Å²) in [4.78, 5) is 7.10. The minimum Gasteiger partial charge on any atom is -0.345 e. The lowest BCUT2D eigenvalue weighted by Gasteiger charge is -2.19. The monoisotopic (exact) mass is 259 g/mol. The maximum atomic E-state index is 4.34. The van der Waals surface area contributed by atoms with Crippen molar-refractivity contribution in [2.45, 2.75) is 31.6 Å². The fourth-order valence-corrected chi connectivity index (χ4v) is 1.56. The molecular formula is C10H18BrN3. The third-order valence-corrected chi connectivity index (χ3v) is 2.70. The first-order valence-corrected chi connectivity index (χ1v) is 5.93. The van der Waals surface area contributed by atoms with Crippen LogP contribution >= 0.6 is 15.9 Å². The molecule has 0 aromatic carbocycles. The fraction of sp³-hybridized carbons (Fsp3) is 0.700. The van der Waals surface area contributed by atoms with E-state index in [1.165, 1.54) is 0 Å². The molecule has 0 bridgehead atoms. The van der Waals surface area contributed by atoms with Crippen LogP contribution in [-0.4, -0.2) is 28.0 Å². The van der Waals surface area contributed by atoms with Gasteiger partial charge in [-0.25, -0.2) is 4.98 Å². The van der Waals surface area contributed by atoms with Gasteiger partial charge >= 0.3 is 0 Å². The van der Waals surface area contributed by atoms with Crippen LogP contribution in [0.4, 0.5) is 5.95 Å². The zero-order chi connectivity index (χ0) is 10.6. The fourth-order valence-electron chi connectivity index (χ4n) is 1.36. The Hall–Kier alpha value is -0.510. The topological polar surface area (TPSA) is 21.1 Å². The number of halogens is 1. The molecule has 80 valence electrons. The smallest absolute Gasteiger partial charge is 0.205 e. The molecule has 4 heteroatoms. The van der Waals surface area contributed by atoms with Crippen molar-refractivity contribution in [3.05, 3.63) is 12.4 Å². The Morgan fingerprint density at radius 1 is 1.64 bits per heavy atom. The number of anilines is 1. The van der Waals surface area contributed by atoms with Gasteiger partial charge in [0, 0.05) is 37.4 Å². The van der Waals surface area contributed by atoms with Crippen LogP contribution < -0.4 is 4.90 Å². The molecule has 0 aliphatic carbocycles. The molecule has 0 saturated heterocycles. The van der Waals surface area contributed by atoms with Crippen LogP contribution in [0.15, 0.2) is 12.4 Å². The highest BCUT2D eigenvalue weighted by molar-refractivity contribution is 9.09. The van der Waals surface area contributed by atoms with Crippen molar-refractivity contribution >= 4 is 21.9 Å². The quantitative estimate of drug-likeness (QED) is 0.758. The molecule has 14 heavy (non-hydrogen) atoms. The van der Waals surface area contributed by atoms with Crippen molar-refractivity contribution in [2.75, 3.05) is 18.5 Å². The number of nitrogens with zero attached hydrogens (tertiary/aromatic N) is 3. The summed E-state index contributed by atoms with van der Waals surface area (Å²) in [5, 5.41) is 0. The molecule has 1 unspecified atom stereocenters. The Morgan fingerprint density at radius 3 is 2.93 bits per heavy atom.